The number of nitrogens with one attached hydrogen (secondary N) is 2. The molecule has 0 fully saturated rings. The summed E-state index contributed by atoms with van der Waals surface area (Å²) in [6.07, 6.45) is -5.06. The third-order valence-corrected chi connectivity index (χ3v) is 6.85. The molecule has 0 spiro atoms. The summed E-state index contributed by atoms with van der Waals surface area (Å²) in [5.74, 6) is -6.51. The number of rotatable bonds is 13. The van der Waals surface area contributed by atoms with Gasteiger partial charge in [0.2, 0.25) is 5.78 Å². The van der Waals surface area contributed by atoms with E-state index in [9.17, 15) is 37.5 Å². The van der Waals surface area contributed by atoms with Crippen LogP contribution in [-0.4, -0.2) is 76.2 Å². The Balaban J connectivity index is 0.000000804. The third kappa shape index (κ3) is 10.3. The number of carbonyl (C=O) groups is 5. The largest absolute Gasteiger partial charge is 0.493 e. The second kappa shape index (κ2) is 16.1. The molecule has 1 amide bonds. The number of hydrogen-bond acceptors (Lipinski definition) is 8. The second-order valence-electron chi connectivity index (χ2n) is 10.3. The summed E-state index contributed by atoms with van der Waals surface area (Å²) >= 11 is 0. The van der Waals surface area contributed by atoms with Crippen molar-refractivity contribution in [2.45, 2.75) is 37.9 Å². The monoisotopic (exact) mass is 673 g/mol. The fraction of sp³-hybridized carbons (Fsp3) is 0.250. The molecule has 1 atom stereocenters. The fourth-order valence-electron chi connectivity index (χ4n) is 4.47. The van der Waals surface area contributed by atoms with Gasteiger partial charge in [-0.25, -0.2) is 9.59 Å². The molecule has 3 aromatic carbocycles. The Kier molecular flexibility index (Phi) is 12.2. The number of nitrogens with two attached hydrogens (primary N) is 1. The van der Waals surface area contributed by atoms with Crippen LogP contribution in [-0.2, 0) is 32.0 Å². The number of carbonyl (C=O) groups excluding carboxylic acids is 2. The highest BCUT2D eigenvalue weighted by atomic mass is 19.4. The van der Waals surface area contributed by atoms with E-state index in [0.717, 1.165) is 17.5 Å². The molecule has 0 radical (unpaired) electrons. The standard InChI is InChI=1S/C30H29N3O8.C2HF3O2/c31-28(32)20-7-6-18(13-24(34)30(38)39)25(14-20)41-16-21(8-9-27(35)36)33-29(37)23-15-26-19(10-11-40-26)12-22(23)17-4-2-1-3-5-17;3-2(4,5)1(6)7/h1-7,12,14-15,21H,8-11,13,16H2,(H3,31,32)(H,33,37)(H,35,36)(H,38,39);(H,6,7)/t21-;/m1./s1. The van der Waals surface area contributed by atoms with Crippen LogP contribution in [0.3, 0.4) is 0 Å². The summed E-state index contributed by atoms with van der Waals surface area (Å²) in [7, 11) is 0. The zero-order valence-electron chi connectivity index (χ0n) is 25.0. The van der Waals surface area contributed by atoms with Gasteiger partial charge in [-0.3, -0.25) is 19.8 Å². The molecule has 0 saturated heterocycles. The number of Topliss-reactive ketones (excluding diaryl/α,β-unsaturated/α-hetero) is 1. The van der Waals surface area contributed by atoms with E-state index in [1.165, 1.54) is 18.2 Å². The molecular formula is C32H30F3N3O10. The summed E-state index contributed by atoms with van der Waals surface area (Å²) in [5, 5.41) is 36.0. The Bertz CT molecular complexity index is 1710. The molecule has 254 valence electrons. The quantitative estimate of drug-likeness (QED) is 0.0875. The molecule has 1 aliphatic rings. The van der Waals surface area contributed by atoms with Gasteiger partial charge in [-0.15, -0.1) is 0 Å². The number of ketones is 1. The average Bonchev–Trinajstić information content (AvgIpc) is 3.50. The van der Waals surface area contributed by atoms with Gasteiger partial charge in [-0.2, -0.15) is 13.2 Å². The Hall–Kier alpha value is -5.93. The summed E-state index contributed by atoms with van der Waals surface area (Å²) in [4.78, 5) is 56.8. The molecule has 4 rings (SSSR count). The first kappa shape index (κ1) is 36.5. The van der Waals surface area contributed by atoms with E-state index < -0.39 is 48.2 Å². The minimum atomic E-state index is -5.08. The molecule has 48 heavy (non-hydrogen) atoms. The van der Waals surface area contributed by atoms with Gasteiger partial charge in [-0.1, -0.05) is 42.5 Å². The van der Waals surface area contributed by atoms with Crippen molar-refractivity contribution in [1.82, 2.24) is 5.32 Å². The summed E-state index contributed by atoms with van der Waals surface area (Å²) < 4.78 is 43.3. The molecule has 0 aliphatic carbocycles. The van der Waals surface area contributed by atoms with Gasteiger partial charge in [0.05, 0.1) is 18.2 Å². The smallest absolute Gasteiger partial charge is 0.490 e. The van der Waals surface area contributed by atoms with Crippen molar-refractivity contribution in [2.75, 3.05) is 13.2 Å². The van der Waals surface area contributed by atoms with Gasteiger partial charge in [0, 0.05) is 30.4 Å². The molecular weight excluding hydrogens is 643 g/mol. The van der Waals surface area contributed by atoms with Gasteiger partial charge in [0.1, 0.15) is 23.9 Å². The van der Waals surface area contributed by atoms with E-state index in [-0.39, 0.29) is 42.2 Å². The molecule has 0 saturated carbocycles. The molecule has 0 aromatic heterocycles. The lowest BCUT2D eigenvalue weighted by atomic mass is 9.95. The van der Waals surface area contributed by atoms with Gasteiger partial charge in [0.15, 0.2) is 0 Å². The number of carboxylic acids is 3. The Morgan fingerprint density at radius 2 is 1.67 bits per heavy atom. The number of alkyl halides is 3. The van der Waals surface area contributed by atoms with E-state index in [4.69, 9.17) is 35.6 Å². The normalized spacial score (nSPS) is 12.3. The van der Waals surface area contributed by atoms with Crippen LogP contribution in [0.2, 0.25) is 0 Å². The van der Waals surface area contributed by atoms with Crippen LogP contribution in [0.4, 0.5) is 13.2 Å². The van der Waals surface area contributed by atoms with Crippen molar-refractivity contribution in [3.63, 3.8) is 0 Å². The zero-order valence-corrected chi connectivity index (χ0v) is 25.0. The summed E-state index contributed by atoms with van der Waals surface area (Å²) in [5.41, 5.74) is 8.98. The Morgan fingerprint density at radius 1 is 1.00 bits per heavy atom. The van der Waals surface area contributed by atoms with E-state index in [2.05, 4.69) is 5.32 Å². The van der Waals surface area contributed by atoms with Crippen molar-refractivity contribution in [3.05, 3.63) is 82.9 Å². The summed E-state index contributed by atoms with van der Waals surface area (Å²) in [6.45, 7) is 0.312. The number of benzene rings is 3. The first-order valence-electron chi connectivity index (χ1n) is 14.1. The van der Waals surface area contributed by atoms with Gasteiger partial charge in [0.25, 0.3) is 5.91 Å². The number of fused-ring (bicyclic) bond motifs is 1. The van der Waals surface area contributed by atoms with Crippen LogP contribution in [0.25, 0.3) is 11.1 Å². The molecule has 7 N–H and O–H groups in total. The first-order chi connectivity index (χ1) is 22.6. The molecule has 1 aliphatic heterocycles. The number of amides is 1. The maximum absolute atomic E-state index is 13.6. The number of amidine groups is 1. The summed E-state index contributed by atoms with van der Waals surface area (Å²) in [6, 6.07) is 16.5. The van der Waals surface area contributed by atoms with Crippen LogP contribution in [0.15, 0.2) is 60.7 Å². The highest BCUT2D eigenvalue weighted by Crippen LogP contribution is 2.34. The van der Waals surface area contributed by atoms with Crippen LogP contribution in [0.5, 0.6) is 11.5 Å². The lowest BCUT2D eigenvalue weighted by molar-refractivity contribution is -0.192. The number of aliphatic carboxylic acids is 3. The molecule has 16 heteroatoms. The number of hydrogen-bond donors (Lipinski definition) is 6. The van der Waals surface area contributed by atoms with Crippen molar-refractivity contribution in [1.29, 1.82) is 5.41 Å². The maximum atomic E-state index is 13.6. The zero-order chi connectivity index (χ0) is 35.6. The van der Waals surface area contributed by atoms with Crippen LogP contribution in [0, 0.1) is 5.41 Å². The molecule has 13 nitrogen and oxygen atoms in total. The van der Waals surface area contributed by atoms with Crippen molar-refractivity contribution in [2.24, 2.45) is 5.73 Å². The lowest BCUT2D eigenvalue weighted by Crippen LogP contribution is -2.40. The van der Waals surface area contributed by atoms with Crippen LogP contribution < -0.4 is 20.5 Å². The highest BCUT2D eigenvalue weighted by molar-refractivity contribution is 6.33. The van der Waals surface area contributed by atoms with Crippen molar-refractivity contribution >= 4 is 35.4 Å². The minimum Gasteiger partial charge on any atom is -0.493 e. The highest BCUT2D eigenvalue weighted by Gasteiger charge is 2.38. The SMILES string of the molecule is N=C(N)c1ccc(CC(=O)C(=O)O)c(OC[C@@H](CCC(=O)O)NC(=O)c2cc3c(cc2-c2ccccc2)CCO3)c1.O=C(O)C(F)(F)F. The van der Waals surface area contributed by atoms with Gasteiger partial charge >= 0.3 is 24.1 Å². The molecule has 0 unspecified atom stereocenters. The van der Waals surface area contributed by atoms with Gasteiger partial charge in [-0.05, 0) is 41.3 Å². The maximum Gasteiger partial charge on any atom is 0.490 e. The van der Waals surface area contributed by atoms with Crippen molar-refractivity contribution in [3.8, 4) is 22.6 Å². The van der Waals surface area contributed by atoms with Crippen molar-refractivity contribution < 1.29 is 61.9 Å². The van der Waals surface area contributed by atoms with Gasteiger partial charge < -0.3 is 35.8 Å². The van der Waals surface area contributed by atoms with Crippen LogP contribution in [0.1, 0.15) is 39.9 Å². The average molecular weight is 674 g/mol. The topological polar surface area (TPSA) is 226 Å². The second-order valence-corrected chi connectivity index (χ2v) is 10.3. The molecule has 1 heterocycles. The van der Waals surface area contributed by atoms with E-state index in [0.29, 0.717) is 23.5 Å². The first-order valence-corrected chi connectivity index (χ1v) is 14.1. The predicted octanol–water partition coefficient (Wildman–Crippen LogP) is 3.44. The number of halogens is 3. The molecule has 3 aromatic rings. The van der Waals surface area contributed by atoms with E-state index in [1.807, 2.05) is 36.4 Å². The third-order valence-electron chi connectivity index (χ3n) is 6.85. The Morgan fingerprint density at radius 3 is 2.25 bits per heavy atom. The van der Waals surface area contributed by atoms with E-state index >= 15 is 0 Å². The lowest BCUT2D eigenvalue weighted by Gasteiger charge is -2.21. The number of ether oxygens (including phenoxy) is 2. The number of carboxylic acid groups (broad SMARTS) is 3. The Labute approximate surface area is 270 Å². The van der Waals surface area contributed by atoms with E-state index in [1.54, 1.807) is 6.07 Å². The predicted molar refractivity (Wildman–Crippen MR) is 162 cm³/mol. The molecule has 0 bridgehead atoms. The van der Waals surface area contributed by atoms with Crippen LogP contribution >= 0.6 is 0 Å². The fourth-order valence-corrected chi connectivity index (χ4v) is 4.47. The minimum absolute atomic E-state index is 0.0268. The number of nitrogen functional groups attached to an aromatic ring is 1.